The summed E-state index contributed by atoms with van der Waals surface area (Å²) in [5.41, 5.74) is 3.41. The summed E-state index contributed by atoms with van der Waals surface area (Å²) in [6.07, 6.45) is 1.81. The molecule has 0 fully saturated rings. The second-order valence-electron chi connectivity index (χ2n) is 7.32. The summed E-state index contributed by atoms with van der Waals surface area (Å²) < 4.78 is 11.8. The lowest BCUT2D eigenvalue weighted by Crippen LogP contribution is -2.21. The standard InChI is InChI=1S/C26H22Cl2N2O3/c1-3-32-25-15-18(12-13-24(25)33-16-21-22(27)10-7-11-23(21)28)14-20-17(2)29-30(26(20)31)19-8-5-4-6-9-19/h4-15H,3,16H2,1-2H3. The molecule has 5 nitrogen and oxygen atoms in total. The van der Waals surface area contributed by atoms with E-state index in [4.69, 9.17) is 32.7 Å². The highest BCUT2D eigenvalue weighted by Crippen LogP contribution is 2.33. The van der Waals surface area contributed by atoms with E-state index >= 15 is 0 Å². The Labute approximate surface area is 202 Å². The molecule has 0 N–H and O–H groups in total. The highest BCUT2D eigenvalue weighted by atomic mass is 35.5. The van der Waals surface area contributed by atoms with Crippen LogP contribution < -0.4 is 14.5 Å². The first-order valence-corrected chi connectivity index (χ1v) is 11.2. The lowest BCUT2D eigenvalue weighted by molar-refractivity contribution is -0.114. The van der Waals surface area contributed by atoms with Gasteiger partial charge < -0.3 is 9.47 Å². The molecule has 0 aliphatic carbocycles. The number of nitrogens with zero attached hydrogens (tertiary/aromatic N) is 2. The predicted molar refractivity (Wildman–Crippen MR) is 133 cm³/mol. The average molecular weight is 481 g/mol. The van der Waals surface area contributed by atoms with Crippen LogP contribution in [0.2, 0.25) is 10.0 Å². The van der Waals surface area contributed by atoms with Crippen molar-refractivity contribution in [1.29, 1.82) is 0 Å². The number of halogens is 2. The molecule has 3 aromatic rings. The van der Waals surface area contributed by atoms with E-state index in [-0.39, 0.29) is 12.5 Å². The highest BCUT2D eigenvalue weighted by molar-refractivity contribution is 6.36. The lowest BCUT2D eigenvalue weighted by atomic mass is 10.1. The lowest BCUT2D eigenvalue weighted by Gasteiger charge is -2.14. The smallest absolute Gasteiger partial charge is 0.280 e. The number of ether oxygens (including phenoxy) is 2. The number of benzene rings is 3. The van der Waals surface area contributed by atoms with E-state index in [9.17, 15) is 4.79 Å². The molecule has 1 amide bonds. The van der Waals surface area contributed by atoms with Crippen molar-refractivity contribution in [2.45, 2.75) is 20.5 Å². The molecule has 1 aliphatic heterocycles. The second-order valence-corrected chi connectivity index (χ2v) is 8.14. The number of anilines is 1. The molecular formula is C26H22Cl2N2O3. The summed E-state index contributed by atoms with van der Waals surface area (Å²) in [7, 11) is 0. The molecule has 0 radical (unpaired) electrons. The van der Waals surface area contributed by atoms with Crippen molar-refractivity contribution in [2.24, 2.45) is 5.10 Å². The van der Waals surface area contributed by atoms with Gasteiger partial charge in [0.1, 0.15) is 6.61 Å². The Morgan fingerprint density at radius 1 is 0.939 bits per heavy atom. The quantitative estimate of drug-likeness (QED) is 0.350. The van der Waals surface area contributed by atoms with Gasteiger partial charge in [-0.2, -0.15) is 10.1 Å². The van der Waals surface area contributed by atoms with Gasteiger partial charge in [-0.1, -0.05) is 53.5 Å². The first-order chi connectivity index (χ1) is 16.0. The molecular weight excluding hydrogens is 459 g/mol. The molecule has 3 aromatic carbocycles. The second kappa shape index (κ2) is 10.1. The van der Waals surface area contributed by atoms with Crippen LogP contribution in [0.4, 0.5) is 5.69 Å². The summed E-state index contributed by atoms with van der Waals surface area (Å²) in [5.74, 6) is 0.948. The summed E-state index contributed by atoms with van der Waals surface area (Å²) in [6.45, 7) is 4.38. The third-order valence-corrected chi connectivity index (χ3v) is 5.78. The molecule has 1 heterocycles. The van der Waals surface area contributed by atoms with Gasteiger partial charge in [-0.3, -0.25) is 4.79 Å². The third kappa shape index (κ3) is 5.05. The molecule has 1 aliphatic rings. The molecule has 0 unspecified atom stereocenters. The van der Waals surface area contributed by atoms with Gasteiger partial charge in [-0.25, -0.2) is 0 Å². The Morgan fingerprint density at radius 3 is 2.36 bits per heavy atom. The molecule has 0 aromatic heterocycles. The van der Waals surface area contributed by atoms with E-state index in [1.807, 2.05) is 62.4 Å². The Kier molecular flexibility index (Phi) is 7.02. The van der Waals surface area contributed by atoms with E-state index in [2.05, 4.69) is 5.10 Å². The van der Waals surface area contributed by atoms with Crippen LogP contribution in [0, 0.1) is 0 Å². The number of hydrazone groups is 1. The fourth-order valence-electron chi connectivity index (χ4n) is 3.42. The minimum Gasteiger partial charge on any atom is -0.490 e. The molecule has 0 saturated carbocycles. The van der Waals surface area contributed by atoms with Gasteiger partial charge in [0.25, 0.3) is 5.91 Å². The number of carbonyl (C=O) groups is 1. The van der Waals surface area contributed by atoms with Gasteiger partial charge in [0.2, 0.25) is 0 Å². The zero-order chi connectivity index (χ0) is 23.4. The van der Waals surface area contributed by atoms with E-state index in [1.54, 1.807) is 24.3 Å². The van der Waals surface area contributed by atoms with Crippen LogP contribution in [0.25, 0.3) is 6.08 Å². The summed E-state index contributed by atoms with van der Waals surface area (Å²) in [6, 6.07) is 20.2. The molecule has 0 saturated heterocycles. The fourth-order valence-corrected chi connectivity index (χ4v) is 3.92. The number of carbonyl (C=O) groups excluding carboxylic acids is 1. The summed E-state index contributed by atoms with van der Waals surface area (Å²) in [4.78, 5) is 13.0. The Balaban J connectivity index is 1.58. The summed E-state index contributed by atoms with van der Waals surface area (Å²) in [5, 5.41) is 6.92. The van der Waals surface area contributed by atoms with Crippen molar-refractivity contribution < 1.29 is 14.3 Å². The van der Waals surface area contributed by atoms with Crippen LogP contribution in [0.15, 0.2) is 77.4 Å². The maximum Gasteiger partial charge on any atom is 0.280 e. The Hall–Kier alpha value is -3.28. The van der Waals surface area contributed by atoms with Gasteiger partial charge in [0.15, 0.2) is 11.5 Å². The van der Waals surface area contributed by atoms with Crippen LogP contribution in [0.3, 0.4) is 0 Å². The molecule has 33 heavy (non-hydrogen) atoms. The number of rotatable bonds is 7. The van der Waals surface area contributed by atoms with E-state index in [1.165, 1.54) is 5.01 Å². The molecule has 168 valence electrons. The van der Waals surface area contributed by atoms with E-state index in [0.717, 1.165) is 11.3 Å². The summed E-state index contributed by atoms with van der Waals surface area (Å²) >= 11 is 12.5. The van der Waals surface area contributed by atoms with Gasteiger partial charge >= 0.3 is 0 Å². The van der Waals surface area contributed by atoms with Crippen LogP contribution >= 0.6 is 23.2 Å². The minimum atomic E-state index is -0.176. The van der Waals surface area contributed by atoms with Crippen molar-refractivity contribution in [3.05, 3.63) is 93.5 Å². The SMILES string of the molecule is CCOc1cc(C=C2C(=O)N(c3ccccc3)N=C2C)ccc1OCc1c(Cl)cccc1Cl. The monoisotopic (exact) mass is 480 g/mol. The molecule has 0 atom stereocenters. The fraction of sp³-hybridized carbons (Fsp3) is 0.154. The Bertz CT molecular complexity index is 1220. The number of para-hydroxylation sites is 1. The topological polar surface area (TPSA) is 51.1 Å². The Morgan fingerprint density at radius 2 is 1.67 bits per heavy atom. The highest BCUT2D eigenvalue weighted by Gasteiger charge is 2.28. The average Bonchev–Trinajstić information content (AvgIpc) is 3.09. The predicted octanol–water partition coefficient (Wildman–Crippen LogP) is 6.78. The van der Waals surface area contributed by atoms with E-state index in [0.29, 0.717) is 45.0 Å². The van der Waals surface area contributed by atoms with Crippen molar-refractivity contribution in [1.82, 2.24) is 0 Å². The first-order valence-electron chi connectivity index (χ1n) is 10.5. The van der Waals surface area contributed by atoms with Crippen LogP contribution in [0.1, 0.15) is 25.0 Å². The molecule has 4 rings (SSSR count). The first kappa shape index (κ1) is 22.9. The number of hydrogen-bond donors (Lipinski definition) is 0. The number of amides is 1. The van der Waals surface area contributed by atoms with Gasteiger partial charge in [0.05, 0.1) is 23.6 Å². The van der Waals surface area contributed by atoms with Gasteiger partial charge in [-0.05, 0) is 61.9 Å². The van der Waals surface area contributed by atoms with Crippen molar-refractivity contribution >= 4 is 46.6 Å². The van der Waals surface area contributed by atoms with Gasteiger partial charge in [0, 0.05) is 15.6 Å². The molecule has 0 bridgehead atoms. The minimum absolute atomic E-state index is 0.176. The molecule has 7 heteroatoms. The van der Waals surface area contributed by atoms with Crippen LogP contribution in [-0.2, 0) is 11.4 Å². The zero-order valence-electron chi connectivity index (χ0n) is 18.2. The van der Waals surface area contributed by atoms with Crippen molar-refractivity contribution in [2.75, 3.05) is 11.6 Å². The number of hydrogen-bond acceptors (Lipinski definition) is 4. The van der Waals surface area contributed by atoms with Crippen LogP contribution in [-0.4, -0.2) is 18.2 Å². The van der Waals surface area contributed by atoms with Gasteiger partial charge in [-0.15, -0.1) is 0 Å². The van der Waals surface area contributed by atoms with E-state index < -0.39 is 0 Å². The van der Waals surface area contributed by atoms with Crippen molar-refractivity contribution in [3.63, 3.8) is 0 Å². The third-order valence-electron chi connectivity index (χ3n) is 5.08. The maximum atomic E-state index is 13.0. The normalized spacial score (nSPS) is 14.5. The zero-order valence-corrected chi connectivity index (χ0v) is 19.7. The maximum absolute atomic E-state index is 13.0. The van der Waals surface area contributed by atoms with Crippen molar-refractivity contribution in [3.8, 4) is 11.5 Å². The largest absolute Gasteiger partial charge is 0.490 e. The molecule has 0 spiro atoms. The van der Waals surface area contributed by atoms with Crippen LogP contribution in [0.5, 0.6) is 11.5 Å².